The predicted molar refractivity (Wildman–Crippen MR) is 73.1 cm³/mol. The number of halogens is 2. The summed E-state index contributed by atoms with van der Waals surface area (Å²) >= 11 is 3.13. The van der Waals surface area contributed by atoms with Gasteiger partial charge in [0.2, 0.25) is 0 Å². The maximum absolute atomic E-state index is 13.8. The Labute approximate surface area is 119 Å². The number of rotatable bonds is 3. The number of hydrogen-bond acceptors (Lipinski definition) is 2. The zero-order chi connectivity index (χ0) is 14.0. The average molecular weight is 331 g/mol. The normalized spacial score (nSPS) is 18.1. The highest BCUT2D eigenvalue weighted by Crippen LogP contribution is 2.42. The van der Waals surface area contributed by atoms with Gasteiger partial charge in [-0.15, -0.1) is 0 Å². The molecule has 0 radical (unpaired) electrons. The first kappa shape index (κ1) is 14.3. The molecule has 0 aliphatic heterocycles. The van der Waals surface area contributed by atoms with Crippen LogP contribution in [0.4, 0.5) is 4.39 Å². The van der Waals surface area contributed by atoms with Crippen LogP contribution in [0.5, 0.6) is 5.75 Å². The number of hydrogen-bond donors (Lipinski definition) is 1. The van der Waals surface area contributed by atoms with Gasteiger partial charge in [-0.1, -0.05) is 19.3 Å². The van der Waals surface area contributed by atoms with Crippen LogP contribution in [-0.2, 0) is 10.2 Å². The maximum atomic E-state index is 13.8. The average Bonchev–Trinajstić information content (AvgIpc) is 2.42. The minimum atomic E-state index is -0.915. The fourth-order valence-corrected chi connectivity index (χ4v) is 3.21. The van der Waals surface area contributed by atoms with Crippen molar-refractivity contribution in [1.29, 1.82) is 0 Å². The number of methoxy groups -OCH3 is 1. The zero-order valence-electron chi connectivity index (χ0n) is 10.7. The second-order valence-electron chi connectivity index (χ2n) is 4.92. The van der Waals surface area contributed by atoms with Crippen molar-refractivity contribution in [3.63, 3.8) is 0 Å². The van der Waals surface area contributed by atoms with Gasteiger partial charge < -0.3 is 9.84 Å². The predicted octanol–water partition coefficient (Wildman–Crippen LogP) is 3.88. The highest BCUT2D eigenvalue weighted by Gasteiger charge is 2.42. The molecule has 1 aromatic rings. The summed E-state index contributed by atoms with van der Waals surface area (Å²) in [6.45, 7) is 0. The lowest BCUT2D eigenvalue weighted by molar-refractivity contribution is -0.145. The van der Waals surface area contributed by atoms with Gasteiger partial charge in [0.15, 0.2) is 11.6 Å². The second kappa shape index (κ2) is 5.49. The molecule has 0 unspecified atom stereocenters. The highest BCUT2D eigenvalue weighted by molar-refractivity contribution is 9.10. The van der Waals surface area contributed by atoms with Crippen LogP contribution >= 0.6 is 15.9 Å². The summed E-state index contributed by atoms with van der Waals surface area (Å²) in [7, 11) is 1.38. The Hall–Kier alpha value is -1.10. The van der Waals surface area contributed by atoms with Crippen LogP contribution in [0, 0.1) is 5.82 Å². The molecule has 1 N–H and O–H groups in total. The lowest BCUT2D eigenvalue weighted by atomic mass is 9.69. The number of carboxylic acids is 1. The molecule has 0 saturated heterocycles. The number of carboxylic acid groups (broad SMARTS) is 1. The summed E-state index contributed by atoms with van der Waals surface area (Å²) < 4.78 is 19.0. The van der Waals surface area contributed by atoms with Gasteiger partial charge in [-0.25, -0.2) is 4.39 Å². The van der Waals surface area contributed by atoms with E-state index in [1.54, 1.807) is 6.07 Å². The summed E-state index contributed by atoms with van der Waals surface area (Å²) in [6.07, 6.45) is 3.98. The number of benzene rings is 1. The first-order valence-corrected chi connectivity index (χ1v) is 7.07. The van der Waals surface area contributed by atoms with E-state index in [-0.39, 0.29) is 10.2 Å². The van der Waals surface area contributed by atoms with Crippen molar-refractivity contribution in [3.05, 3.63) is 28.0 Å². The van der Waals surface area contributed by atoms with Crippen LogP contribution in [0.15, 0.2) is 16.6 Å². The third-order valence-electron chi connectivity index (χ3n) is 3.88. The molecular weight excluding hydrogens is 315 g/mol. The van der Waals surface area contributed by atoms with Crippen LogP contribution in [0.25, 0.3) is 0 Å². The van der Waals surface area contributed by atoms with Gasteiger partial charge in [0.1, 0.15) is 0 Å². The minimum absolute atomic E-state index is 0.0792. The molecule has 5 heteroatoms. The molecule has 1 aliphatic rings. The van der Waals surface area contributed by atoms with Crippen molar-refractivity contribution in [2.45, 2.75) is 37.5 Å². The zero-order valence-corrected chi connectivity index (χ0v) is 12.3. The third-order valence-corrected chi connectivity index (χ3v) is 4.46. The van der Waals surface area contributed by atoms with E-state index in [0.29, 0.717) is 18.4 Å². The van der Waals surface area contributed by atoms with Gasteiger partial charge >= 0.3 is 5.97 Å². The van der Waals surface area contributed by atoms with Crippen LogP contribution < -0.4 is 4.74 Å². The molecule has 0 aromatic heterocycles. The lowest BCUT2D eigenvalue weighted by Crippen LogP contribution is -2.37. The van der Waals surface area contributed by atoms with Gasteiger partial charge in [-0.2, -0.15) is 0 Å². The molecular formula is C14H16BrFO3. The fraction of sp³-hybridized carbons (Fsp3) is 0.500. The Bertz CT molecular complexity index is 496. The van der Waals surface area contributed by atoms with E-state index < -0.39 is 17.2 Å². The first-order chi connectivity index (χ1) is 9.01. The van der Waals surface area contributed by atoms with Crippen molar-refractivity contribution >= 4 is 21.9 Å². The molecule has 104 valence electrons. The van der Waals surface area contributed by atoms with E-state index in [4.69, 9.17) is 4.74 Å². The molecule has 1 fully saturated rings. The van der Waals surface area contributed by atoms with Crippen LogP contribution in [0.2, 0.25) is 0 Å². The third kappa shape index (κ3) is 2.48. The van der Waals surface area contributed by atoms with Gasteiger partial charge in [0.05, 0.1) is 17.0 Å². The quantitative estimate of drug-likeness (QED) is 0.914. The number of ether oxygens (including phenoxy) is 1. The van der Waals surface area contributed by atoms with E-state index in [2.05, 4.69) is 15.9 Å². The van der Waals surface area contributed by atoms with E-state index in [1.807, 2.05) is 0 Å². The standard InChI is InChI=1S/C14H16BrFO3/c1-19-11-8-9(7-10(15)12(11)16)14(13(17)18)5-3-2-4-6-14/h7-8H,2-6H2,1H3,(H,17,18). The Morgan fingerprint density at radius 2 is 2.00 bits per heavy atom. The van der Waals surface area contributed by atoms with Crippen molar-refractivity contribution in [2.75, 3.05) is 7.11 Å². The Balaban J connectivity index is 2.54. The van der Waals surface area contributed by atoms with Gasteiger partial charge in [0, 0.05) is 0 Å². The molecule has 1 aliphatic carbocycles. The molecule has 0 bridgehead atoms. The van der Waals surface area contributed by atoms with Crippen molar-refractivity contribution in [1.82, 2.24) is 0 Å². The molecule has 2 rings (SSSR count). The molecule has 0 atom stereocenters. The molecule has 19 heavy (non-hydrogen) atoms. The van der Waals surface area contributed by atoms with Crippen LogP contribution in [-0.4, -0.2) is 18.2 Å². The van der Waals surface area contributed by atoms with Crippen molar-refractivity contribution in [3.8, 4) is 5.75 Å². The maximum Gasteiger partial charge on any atom is 0.314 e. The molecule has 1 saturated carbocycles. The van der Waals surface area contributed by atoms with E-state index in [0.717, 1.165) is 19.3 Å². The second-order valence-corrected chi connectivity index (χ2v) is 5.78. The molecule has 1 aromatic carbocycles. The summed E-state index contributed by atoms with van der Waals surface area (Å²) in [4.78, 5) is 11.7. The number of aliphatic carboxylic acids is 1. The Kier molecular flexibility index (Phi) is 4.13. The van der Waals surface area contributed by atoms with Gasteiger partial charge in [0.25, 0.3) is 0 Å². The van der Waals surface area contributed by atoms with Gasteiger partial charge in [-0.3, -0.25) is 4.79 Å². The fourth-order valence-electron chi connectivity index (χ4n) is 2.77. The van der Waals surface area contributed by atoms with E-state index in [1.165, 1.54) is 13.2 Å². The monoisotopic (exact) mass is 330 g/mol. The minimum Gasteiger partial charge on any atom is -0.494 e. The molecule has 0 heterocycles. The Morgan fingerprint density at radius 1 is 1.37 bits per heavy atom. The summed E-state index contributed by atoms with van der Waals surface area (Å²) in [5.41, 5.74) is -0.299. The largest absolute Gasteiger partial charge is 0.494 e. The summed E-state index contributed by atoms with van der Waals surface area (Å²) in [6, 6.07) is 3.08. The van der Waals surface area contributed by atoms with E-state index >= 15 is 0 Å². The molecule has 0 amide bonds. The Morgan fingerprint density at radius 3 is 2.53 bits per heavy atom. The van der Waals surface area contributed by atoms with Gasteiger partial charge in [-0.05, 0) is 46.5 Å². The SMILES string of the molecule is COc1cc(C2(C(=O)O)CCCCC2)cc(Br)c1F. The first-order valence-electron chi connectivity index (χ1n) is 6.28. The van der Waals surface area contributed by atoms with Crippen LogP contribution in [0.3, 0.4) is 0 Å². The van der Waals surface area contributed by atoms with Crippen LogP contribution in [0.1, 0.15) is 37.7 Å². The lowest BCUT2D eigenvalue weighted by Gasteiger charge is -2.34. The van der Waals surface area contributed by atoms with Crippen molar-refractivity contribution < 1.29 is 19.0 Å². The smallest absolute Gasteiger partial charge is 0.314 e. The summed E-state index contributed by atoms with van der Waals surface area (Å²) in [5, 5.41) is 9.62. The number of carbonyl (C=O) groups is 1. The van der Waals surface area contributed by atoms with Crippen molar-refractivity contribution in [2.24, 2.45) is 0 Å². The topological polar surface area (TPSA) is 46.5 Å². The summed E-state index contributed by atoms with van der Waals surface area (Å²) in [5.74, 6) is -1.26. The highest BCUT2D eigenvalue weighted by atomic mass is 79.9. The molecule has 3 nitrogen and oxygen atoms in total. The van der Waals surface area contributed by atoms with E-state index in [9.17, 15) is 14.3 Å². The molecule has 0 spiro atoms.